The molecule has 1 saturated heterocycles. The largest absolute Gasteiger partial charge is 0.399 e. The van der Waals surface area contributed by atoms with Gasteiger partial charge in [-0.25, -0.2) is 0 Å². The zero-order valence-corrected chi connectivity index (χ0v) is 8.98. The van der Waals surface area contributed by atoms with Crippen molar-refractivity contribution in [1.82, 2.24) is 0 Å². The van der Waals surface area contributed by atoms with Crippen LogP contribution in [0.15, 0.2) is 24.3 Å². The molecule has 0 saturated carbocycles. The van der Waals surface area contributed by atoms with E-state index in [0.717, 1.165) is 5.69 Å². The Morgan fingerprint density at radius 3 is 2.07 bits per heavy atom. The quantitative estimate of drug-likeness (QED) is 0.715. The van der Waals surface area contributed by atoms with Crippen molar-refractivity contribution in [2.45, 2.75) is 19.3 Å². The molecule has 0 amide bonds. The lowest BCUT2D eigenvalue weighted by molar-refractivity contribution is -0.0979. The van der Waals surface area contributed by atoms with Gasteiger partial charge in [-0.15, -0.1) is 0 Å². The third kappa shape index (κ3) is 3.27. The van der Waals surface area contributed by atoms with Gasteiger partial charge in [0.1, 0.15) is 6.79 Å². The highest BCUT2D eigenvalue weighted by Crippen LogP contribution is 2.20. The van der Waals surface area contributed by atoms with Crippen molar-refractivity contribution in [3.63, 3.8) is 0 Å². The van der Waals surface area contributed by atoms with Crippen LogP contribution < -0.4 is 10.6 Å². The Morgan fingerprint density at radius 1 is 1.00 bits per heavy atom. The molecule has 3 heteroatoms. The van der Waals surface area contributed by atoms with Crippen molar-refractivity contribution in [1.29, 1.82) is 0 Å². The second-order valence-electron chi connectivity index (χ2n) is 3.64. The van der Waals surface area contributed by atoms with E-state index in [9.17, 15) is 0 Å². The van der Waals surface area contributed by atoms with Gasteiger partial charge >= 0.3 is 0 Å². The van der Waals surface area contributed by atoms with Crippen LogP contribution in [0.3, 0.4) is 0 Å². The minimum atomic E-state index is 0.848. The maximum Gasteiger partial charge on any atom is 0.106 e. The monoisotopic (exact) mass is 206 g/mol. The molecular formula is C12H18N2O. The lowest BCUT2D eigenvalue weighted by atomic mass is 10.1. The van der Waals surface area contributed by atoms with Crippen molar-refractivity contribution < 1.29 is 4.79 Å². The minimum Gasteiger partial charge on any atom is -0.399 e. The third-order valence-corrected chi connectivity index (χ3v) is 2.61. The lowest BCUT2D eigenvalue weighted by Crippen LogP contribution is -2.29. The number of carbonyl (C=O) groups excluding carboxylic acids is 1. The summed E-state index contributed by atoms with van der Waals surface area (Å²) in [5.41, 5.74) is 7.80. The molecule has 1 heterocycles. The van der Waals surface area contributed by atoms with Crippen LogP contribution in [0.2, 0.25) is 0 Å². The molecule has 1 aromatic rings. The number of piperidine rings is 1. The van der Waals surface area contributed by atoms with Gasteiger partial charge in [0.05, 0.1) is 0 Å². The number of nitrogens with two attached hydrogens (primary N) is 1. The van der Waals surface area contributed by atoms with Crippen LogP contribution in [0.1, 0.15) is 19.3 Å². The van der Waals surface area contributed by atoms with Gasteiger partial charge in [-0.3, -0.25) is 0 Å². The molecule has 0 spiro atoms. The topological polar surface area (TPSA) is 46.3 Å². The van der Waals surface area contributed by atoms with Crippen LogP contribution in [0, 0.1) is 0 Å². The second-order valence-corrected chi connectivity index (χ2v) is 3.64. The van der Waals surface area contributed by atoms with Crippen molar-refractivity contribution in [3.8, 4) is 0 Å². The van der Waals surface area contributed by atoms with Gasteiger partial charge < -0.3 is 15.4 Å². The first-order chi connectivity index (χ1) is 7.36. The molecule has 0 aliphatic carbocycles. The van der Waals surface area contributed by atoms with Gasteiger partial charge in [0.2, 0.25) is 0 Å². The fraction of sp³-hybridized carbons (Fsp3) is 0.417. The Kier molecular flexibility index (Phi) is 4.68. The molecule has 0 radical (unpaired) electrons. The van der Waals surface area contributed by atoms with Gasteiger partial charge in [-0.1, -0.05) is 0 Å². The molecule has 2 rings (SSSR count). The SMILES string of the molecule is C=O.Nc1ccc(N2CCCCC2)cc1. The Labute approximate surface area is 90.9 Å². The number of nitrogen functional groups attached to an aromatic ring is 1. The highest BCUT2D eigenvalue weighted by molar-refractivity contribution is 5.53. The first-order valence-corrected chi connectivity index (χ1v) is 5.25. The summed E-state index contributed by atoms with van der Waals surface area (Å²) in [5.74, 6) is 0. The normalized spacial score (nSPS) is 15.3. The van der Waals surface area contributed by atoms with E-state index in [1.807, 2.05) is 18.9 Å². The number of benzene rings is 1. The maximum absolute atomic E-state index is 8.00. The Bertz CT molecular complexity index is 278. The summed E-state index contributed by atoms with van der Waals surface area (Å²) >= 11 is 0. The number of rotatable bonds is 1. The molecule has 1 aromatic carbocycles. The molecule has 82 valence electrons. The van der Waals surface area contributed by atoms with E-state index in [1.54, 1.807) is 0 Å². The first-order valence-electron chi connectivity index (χ1n) is 5.25. The van der Waals surface area contributed by atoms with E-state index in [2.05, 4.69) is 17.0 Å². The first kappa shape index (κ1) is 11.6. The zero-order valence-electron chi connectivity index (χ0n) is 8.98. The second kappa shape index (κ2) is 6.06. The van der Waals surface area contributed by atoms with Crippen LogP contribution in [0.4, 0.5) is 11.4 Å². The molecular weight excluding hydrogens is 188 g/mol. The van der Waals surface area contributed by atoms with Crippen LogP contribution in [0.5, 0.6) is 0 Å². The van der Waals surface area contributed by atoms with Crippen molar-refractivity contribution >= 4 is 18.2 Å². The summed E-state index contributed by atoms with van der Waals surface area (Å²) in [4.78, 5) is 10.4. The molecule has 0 unspecified atom stereocenters. The average molecular weight is 206 g/mol. The summed E-state index contributed by atoms with van der Waals surface area (Å²) in [6.07, 6.45) is 4.03. The number of nitrogens with zero attached hydrogens (tertiary/aromatic N) is 1. The van der Waals surface area contributed by atoms with E-state index in [1.165, 1.54) is 38.0 Å². The van der Waals surface area contributed by atoms with E-state index < -0.39 is 0 Å². The van der Waals surface area contributed by atoms with Gasteiger partial charge in [0.15, 0.2) is 0 Å². The van der Waals surface area contributed by atoms with Crippen molar-refractivity contribution in [2.24, 2.45) is 0 Å². The Morgan fingerprint density at radius 2 is 1.53 bits per heavy atom. The van der Waals surface area contributed by atoms with E-state index >= 15 is 0 Å². The highest BCUT2D eigenvalue weighted by Gasteiger charge is 2.09. The van der Waals surface area contributed by atoms with Gasteiger partial charge in [0, 0.05) is 24.5 Å². The fourth-order valence-electron chi connectivity index (χ4n) is 1.84. The van der Waals surface area contributed by atoms with Crippen LogP contribution in [-0.4, -0.2) is 19.9 Å². The van der Waals surface area contributed by atoms with Gasteiger partial charge in [0.25, 0.3) is 0 Å². The number of hydrogen-bond acceptors (Lipinski definition) is 3. The molecule has 2 N–H and O–H groups in total. The highest BCUT2D eigenvalue weighted by atomic mass is 16.1. The molecule has 3 nitrogen and oxygen atoms in total. The van der Waals surface area contributed by atoms with Crippen LogP contribution >= 0.6 is 0 Å². The molecule has 0 bridgehead atoms. The average Bonchev–Trinajstić information content (AvgIpc) is 2.34. The lowest BCUT2D eigenvalue weighted by Gasteiger charge is -2.28. The molecule has 0 atom stereocenters. The fourth-order valence-corrected chi connectivity index (χ4v) is 1.84. The predicted molar refractivity (Wildman–Crippen MR) is 64.0 cm³/mol. The third-order valence-electron chi connectivity index (χ3n) is 2.61. The summed E-state index contributed by atoms with van der Waals surface area (Å²) in [5, 5.41) is 0. The maximum atomic E-state index is 8.00. The molecule has 1 fully saturated rings. The van der Waals surface area contributed by atoms with Gasteiger partial charge in [-0.2, -0.15) is 0 Å². The summed E-state index contributed by atoms with van der Waals surface area (Å²) in [6.45, 7) is 4.40. The number of carbonyl (C=O) groups is 1. The molecule has 1 aliphatic rings. The van der Waals surface area contributed by atoms with Crippen molar-refractivity contribution in [2.75, 3.05) is 23.7 Å². The van der Waals surface area contributed by atoms with Crippen LogP contribution in [-0.2, 0) is 4.79 Å². The number of anilines is 2. The van der Waals surface area contributed by atoms with E-state index in [0.29, 0.717) is 0 Å². The summed E-state index contributed by atoms with van der Waals surface area (Å²) < 4.78 is 0. The standard InChI is InChI=1S/C11H16N2.CH2O/c12-10-4-6-11(7-5-10)13-8-2-1-3-9-13;1-2/h4-7H,1-3,8-9,12H2;1H2. The van der Waals surface area contributed by atoms with Gasteiger partial charge in [-0.05, 0) is 43.5 Å². The Hall–Kier alpha value is -1.51. The molecule has 15 heavy (non-hydrogen) atoms. The predicted octanol–water partition coefficient (Wildman–Crippen LogP) is 2.07. The molecule has 1 aliphatic heterocycles. The minimum absolute atomic E-state index is 0.848. The van der Waals surface area contributed by atoms with Crippen molar-refractivity contribution in [3.05, 3.63) is 24.3 Å². The van der Waals surface area contributed by atoms with E-state index in [-0.39, 0.29) is 0 Å². The van der Waals surface area contributed by atoms with E-state index in [4.69, 9.17) is 10.5 Å². The Balaban J connectivity index is 0.000000531. The molecule has 0 aromatic heterocycles. The smallest absolute Gasteiger partial charge is 0.106 e. The number of hydrogen-bond donors (Lipinski definition) is 1. The summed E-state index contributed by atoms with van der Waals surface area (Å²) in [7, 11) is 0. The zero-order chi connectivity index (χ0) is 11.1. The summed E-state index contributed by atoms with van der Waals surface area (Å²) in [6, 6.07) is 8.18. The van der Waals surface area contributed by atoms with Crippen LogP contribution in [0.25, 0.3) is 0 Å².